The number of nitrogens with zero attached hydrogens (tertiary/aromatic N) is 3. The summed E-state index contributed by atoms with van der Waals surface area (Å²) in [4.78, 5) is 19.6. The number of rotatable bonds is 7. The highest BCUT2D eigenvalue weighted by molar-refractivity contribution is 7.99. The van der Waals surface area contributed by atoms with Gasteiger partial charge in [-0.3, -0.25) is 4.79 Å². The third kappa shape index (κ3) is 4.80. The number of imidazole rings is 1. The van der Waals surface area contributed by atoms with Crippen molar-refractivity contribution in [3.05, 3.63) is 24.3 Å². The van der Waals surface area contributed by atoms with Crippen LogP contribution in [0.3, 0.4) is 0 Å². The van der Waals surface area contributed by atoms with Gasteiger partial charge in [-0.2, -0.15) is 0 Å². The zero-order chi connectivity index (χ0) is 18.5. The molecule has 2 aromatic rings. The second kappa shape index (κ2) is 8.91. The van der Waals surface area contributed by atoms with Crippen molar-refractivity contribution in [2.45, 2.75) is 51.4 Å². The molecule has 0 bridgehead atoms. The van der Waals surface area contributed by atoms with E-state index in [0.29, 0.717) is 17.7 Å². The molecule has 0 atom stereocenters. The van der Waals surface area contributed by atoms with Crippen molar-refractivity contribution in [1.29, 1.82) is 0 Å². The first-order valence-electron chi connectivity index (χ1n) is 9.66. The van der Waals surface area contributed by atoms with Gasteiger partial charge in [0, 0.05) is 25.7 Å². The first-order valence-corrected chi connectivity index (χ1v) is 10.6. The van der Waals surface area contributed by atoms with Crippen LogP contribution in [-0.2, 0) is 11.3 Å². The number of hydrogen-bond acceptors (Lipinski definition) is 4. The van der Waals surface area contributed by atoms with Crippen molar-refractivity contribution in [3.63, 3.8) is 0 Å². The van der Waals surface area contributed by atoms with E-state index in [1.165, 1.54) is 0 Å². The van der Waals surface area contributed by atoms with Crippen LogP contribution in [0.2, 0.25) is 0 Å². The summed E-state index contributed by atoms with van der Waals surface area (Å²) in [6.07, 6.45) is 2.10. The number of likely N-dealkylation sites (tertiary alicyclic amines) is 1. The zero-order valence-corrected chi connectivity index (χ0v) is 16.9. The van der Waals surface area contributed by atoms with E-state index in [1.807, 2.05) is 18.2 Å². The van der Waals surface area contributed by atoms with Gasteiger partial charge < -0.3 is 14.8 Å². The average molecular weight is 375 g/mol. The predicted octanol–water partition coefficient (Wildman–Crippen LogP) is 3.38. The molecule has 5 nitrogen and oxygen atoms in total. The fourth-order valence-corrected chi connectivity index (χ4v) is 4.33. The van der Waals surface area contributed by atoms with Crippen LogP contribution in [0.5, 0.6) is 0 Å². The largest absolute Gasteiger partial charge is 0.353 e. The molecule has 1 fully saturated rings. The zero-order valence-electron chi connectivity index (χ0n) is 16.1. The van der Waals surface area contributed by atoms with Gasteiger partial charge in [0.25, 0.3) is 0 Å². The quantitative estimate of drug-likeness (QED) is 0.755. The normalized spacial score (nSPS) is 16.5. The number of amides is 1. The van der Waals surface area contributed by atoms with Gasteiger partial charge in [-0.1, -0.05) is 44.7 Å². The van der Waals surface area contributed by atoms with Gasteiger partial charge in [0.15, 0.2) is 5.16 Å². The van der Waals surface area contributed by atoms with E-state index in [1.54, 1.807) is 11.8 Å². The Bertz CT molecular complexity index is 734. The number of fused-ring (bicyclic) bond motifs is 1. The van der Waals surface area contributed by atoms with Crippen LogP contribution in [0.25, 0.3) is 11.0 Å². The fourth-order valence-electron chi connectivity index (χ4n) is 3.50. The van der Waals surface area contributed by atoms with Crippen LogP contribution in [0.15, 0.2) is 29.4 Å². The van der Waals surface area contributed by atoms with E-state index < -0.39 is 0 Å². The maximum Gasteiger partial charge on any atom is 0.230 e. The average Bonchev–Trinajstić information content (AvgIpc) is 2.98. The molecule has 0 aliphatic carbocycles. The molecule has 0 radical (unpaired) electrons. The summed E-state index contributed by atoms with van der Waals surface area (Å²) in [6.45, 7) is 10.8. The SMILES string of the molecule is CCN1CCC(NC(=O)CSc2nc3ccccc3n2CC(C)C)CC1. The summed E-state index contributed by atoms with van der Waals surface area (Å²) in [7, 11) is 0. The molecular weight excluding hydrogens is 344 g/mol. The van der Waals surface area contributed by atoms with Gasteiger partial charge >= 0.3 is 0 Å². The number of para-hydroxylation sites is 2. The predicted molar refractivity (Wildman–Crippen MR) is 109 cm³/mol. The summed E-state index contributed by atoms with van der Waals surface area (Å²) in [6, 6.07) is 8.53. The molecule has 142 valence electrons. The van der Waals surface area contributed by atoms with Gasteiger partial charge in [0.2, 0.25) is 5.91 Å². The van der Waals surface area contributed by atoms with E-state index in [9.17, 15) is 4.79 Å². The van der Waals surface area contributed by atoms with E-state index >= 15 is 0 Å². The lowest BCUT2D eigenvalue weighted by Gasteiger charge is -2.31. The third-order valence-corrected chi connectivity index (χ3v) is 5.88. The minimum atomic E-state index is 0.119. The maximum atomic E-state index is 12.4. The highest BCUT2D eigenvalue weighted by atomic mass is 32.2. The highest BCUT2D eigenvalue weighted by Crippen LogP contribution is 2.25. The third-order valence-electron chi connectivity index (χ3n) is 4.90. The molecule has 1 N–H and O–H groups in total. The molecular formula is C20H30N4OS. The van der Waals surface area contributed by atoms with E-state index in [2.05, 4.69) is 41.6 Å². The van der Waals surface area contributed by atoms with Crippen LogP contribution >= 0.6 is 11.8 Å². The molecule has 1 aromatic carbocycles. The number of benzene rings is 1. The van der Waals surface area contributed by atoms with Gasteiger partial charge in [-0.05, 0) is 37.4 Å². The Balaban J connectivity index is 1.59. The Labute approximate surface area is 160 Å². The molecule has 2 heterocycles. The lowest BCUT2D eigenvalue weighted by molar-refractivity contribution is -0.119. The minimum absolute atomic E-state index is 0.119. The van der Waals surface area contributed by atoms with Gasteiger partial charge in [-0.15, -0.1) is 0 Å². The number of hydrogen-bond donors (Lipinski definition) is 1. The van der Waals surface area contributed by atoms with Gasteiger partial charge in [0.05, 0.1) is 16.8 Å². The first-order chi connectivity index (χ1) is 12.6. The van der Waals surface area contributed by atoms with Gasteiger partial charge in [-0.25, -0.2) is 4.98 Å². The molecule has 3 rings (SSSR count). The Kier molecular flexibility index (Phi) is 6.59. The van der Waals surface area contributed by atoms with E-state index in [4.69, 9.17) is 4.98 Å². The molecule has 1 aromatic heterocycles. The van der Waals surface area contributed by atoms with Crippen molar-refractivity contribution in [2.24, 2.45) is 5.92 Å². The molecule has 1 amide bonds. The van der Waals surface area contributed by atoms with E-state index in [-0.39, 0.29) is 5.91 Å². The van der Waals surface area contributed by atoms with Crippen molar-refractivity contribution >= 4 is 28.7 Å². The Morgan fingerprint density at radius 3 is 2.73 bits per heavy atom. The number of aromatic nitrogens is 2. The Morgan fingerprint density at radius 1 is 1.31 bits per heavy atom. The van der Waals surface area contributed by atoms with Crippen LogP contribution < -0.4 is 5.32 Å². The van der Waals surface area contributed by atoms with Crippen LogP contribution in [0, 0.1) is 5.92 Å². The summed E-state index contributed by atoms with van der Waals surface area (Å²) < 4.78 is 2.25. The lowest BCUT2D eigenvalue weighted by Crippen LogP contribution is -2.45. The van der Waals surface area contributed by atoms with Crippen molar-refractivity contribution < 1.29 is 4.79 Å². The molecule has 1 aliphatic rings. The molecule has 1 aliphatic heterocycles. The Morgan fingerprint density at radius 2 is 2.04 bits per heavy atom. The van der Waals surface area contributed by atoms with Crippen molar-refractivity contribution in [1.82, 2.24) is 19.8 Å². The minimum Gasteiger partial charge on any atom is -0.353 e. The smallest absolute Gasteiger partial charge is 0.230 e. The number of thioether (sulfide) groups is 1. The standard InChI is InChI=1S/C20H30N4OS/c1-4-23-11-9-16(10-12-23)21-19(25)14-26-20-22-17-7-5-6-8-18(17)24(20)13-15(2)3/h5-8,15-16H,4,9-14H2,1-3H3,(H,21,25). The number of carbonyl (C=O) groups is 1. The summed E-state index contributed by atoms with van der Waals surface area (Å²) in [5, 5.41) is 4.14. The van der Waals surface area contributed by atoms with Crippen molar-refractivity contribution in [2.75, 3.05) is 25.4 Å². The molecule has 26 heavy (non-hydrogen) atoms. The number of carbonyl (C=O) groups excluding carboxylic acids is 1. The second-order valence-electron chi connectivity index (χ2n) is 7.45. The molecule has 0 unspecified atom stereocenters. The van der Waals surface area contributed by atoms with E-state index in [0.717, 1.165) is 55.2 Å². The van der Waals surface area contributed by atoms with Crippen molar-refractivity contribution in [3.8, 4) is 0 Å². The van der Waals surface area contributed by atoms with Crippen LogP contribution in [-0.4, -0.2) is 51.8 Å². The first kappa shape index (κ1) is 19.2. The second-order valence-corrected chi connectivity index (χ2v) is 8.39. The number of piperidine rings is 1. The Hall–Kier alpha value is -1.53. The summed E-state index contributed by atoms with van der Waals surface area (Å²) in [5.74, 6) is 1.08. The number of nitrogens with one attached hydrogen (secondary N) is 1. The topological polar surface area (TPSA) is 50.2 Å². The molecule has 0 saturated carbocycles. The molecule has 0 spiro atoms. The van der Waals surface area contributed by atoms with Crippen LogP contribution in [0.1, 0.15) is 33.6 Å². The lowest BCUT2D eigenvalue weighted by atomic mass is 10.1. The van der Waals surface area contributed by atoms with Crippen LogP contribution in [0.4, 0.5) is 0 Å². The highest BCUT2D eigenvalue weighted by Gasteiger charge is 2.20. The fraction of sp³-hybridized carbons (Fsp3) is 0.600. The van der Waals surface area contributed by atoms with Gasteiger partial charge in [0.1, 0.15) is 0 Å². The maximum absolute atomic E-state index is 12.4. The molecule has 6 heteroatoms. The summed E-state index contributed by atoms with van der Waals surface area (Å²) >= 11 is 1.55. The monoisotopic (exact) mass is 374 g/mol. The summed E-state index contributed by atoms with van der Waals surface area (Å²) in [5.41, 5.74) is 2.15. The molecule has 1 saturated heterocycles.